The van der Waals surface area contributed by atoms with Crippen molar-refractivity contribution >= 4 is 16.7 Å². The van der Waals surface area contributed by atoms with E-state index in [4.69, 9.17) is 9.84 Å². The Labute approximate surface area is 174 Å². The molecule has 2 atom stereocenters. The van der Waals surface area contributed by atoms with Gasteiger partial charge in [-0.05, 0) is 30.4 Å². The molecule has 154 valence electrons. The van der Waals surface area contributed by atoms with Crippen LogP contribution in [0.15, 0.2) is 47.4 Å². The average molecular weight is 403 g/mol. The minimum Gasteiger partial charge on any atom is -0.378 e. The Morgan fingerprint density at radius 2 is 1.90 bits per heavy atom. The average Bonchev–Trinajstić information content (AvgIpc) is 3.14. The summed E-state index contributed by atoms with van der Waals surface area (Å²) in [5, 5.41) is 13.5. The molecule has 1 aromatic carbocycles. The second-order valence-corrected chi connectivity index (χ2v) is 8.15. The molecule has 0 bridgehead atoms. The van der Waals surface area contributed by atoms with Gasteiger partial charge in [0.15, 0.2) is 11.2 Å². The second-order valence-electron chi connectivity index (χ2n) is 8.15. The monoisotopic (exact) mass is 403 g/mol. The van der Waals surface area contributed by atoms with Gasteiger partial charge in [-0.25, -0.2) is 4.52 Å². The molecule has 0 radical (unpaired) electrons. The SMILES string of the molecule is COCc1nn2c(nnc3c(=O)n(C4CCCCC4C)ccc32)c1-c1ccccc1. The number of benzene rings is 1. The number of pyridine rings is 1. The molecule has 0 N–H and O–H groups in total. The summed E-state index contributed by atoms with van der Waals surface area (Å²) in [5.74, 6) is 0.480. The molecule has 3 aromatic heterocycles. The highest BCUT2D eigenvalue weighted by molar-refractivity contribution is 5.84. The molecule has 30 heavy (non-hydrogen) atoms. The lowest BCUT2D eigenvalue weighted by atomic mass is 9.85. The maximum atomic E-state index is 13.3. The quantitative estimate of drug-likeness (QED) is 0.515. The van der Waals surface area contributed by atoms with Gasteiger partial charge in [0.05, 0.1) is 17.9 Å². The normalized spacial score (nSPS) is 19.5. The van der Waals surface area contributed by atoms with Gasteiger partial charge in [0.25, 0.3) is 5.56 Å². The fraction of sp³-hybridized carbons (Fsp3) is 0.391. The number of ether oxygens (including phenoxy) is 1. The first kappa shape index (κ1) is 18.9. The van der Waals surface area contributed by atoms with Crippen LogP contribution >= 0.6 is 0 Å². The van der Waals surface area contributed by atoms with E-state index in [-0.39, 0.29) is 11.6 Å². The molecule has 7 nitrogen and oxygen atoms in total. The molecule has 5 rings (SSSR count). The smallest absolute Gasteiger partial charge is 0.280 e. The molecule has 1 fully saturated rings. The predicted molar refractivity (Wildman–Crippen MR) is 115 cm³/mol. The van der Waals surface area contributed by atoms with Gasteiger partial charge in [-0.3, -0.25) is 4.79 Å². The van der Waals surface area contributed by atoms with Gasteiger partial charge in [0.1, 0.15) is 5.52 Å². The van der Waals surface area contributed by atoms with Gasteiger partial charge < -0.3 is 9.30 Å². The van der Waals surface area contributed by atoms with Gasteiger partial charge in [-0.15, -0.1) is 10.2 Å². The molecular weight excluding hydrogens is 378 g/mol. The van der Waals surface area contributed by atoms with Gasteiger partial charge in [-0.2, -0.15) is 5.10 Å². The van der Waals surface area contributed by atoms with E-state index in [0.29, 0.717) is 29.2 Å². The Bertz CT molecular complexity index is 1260. The summed E-state index contributed by atoms with van der Waals surface area (Å²) in [5.41, 5.74) is 4.22. The topological polar surface area (TPSA) is 74.3 Å². The minimum atomic E-state index is -0.0919. The number of rotatable bonds is 4. The van der Waals surface area contributed by atoms with Crippen LogP contribution in [0.25, 0.3) is 27.8 Å². The van der Waals surface area contributed by atoms with Crippen LogP contribution in [0, 0.1) is 5.92 Å². The van der Waals surface area contributed by atoms with Crippen molar-refractivity contribution in [2.75, 3.05) is 7.11 Å². The first-order chi connectivity index (χ1) is 14.7. The Morgan fingerprint density at radius 1 is 1.10 bits per heavy atom. The van der Waals surface area contributed by atoms with Gasteiger partial charge in [0.2, 0.25) is 0 Å². The van der Waals surface area contributed by atoms with E-state index in [0.717, 1.165) is 36.1 Å². The summed E-state index contributed by atoms with van der Waals surface area (Å²) >= 11 is 0. The van der Waals surface area contributed by atoms with Gasteiger partial charge in [0, 0.05) is 19.3 Å². The molecule has 2 unspecified atom stereocenters. The molecule has 7 heteroatoms. The van der Waals surface area contributed by atoms with Gasteiger partial charge in [-0.1, -0.05) is 50.1 Å². The number of aromatic nitrogens is 5. The fourth-order valence-corrected chi connectivity index (χ4v) is 4.71. The number of hydrogen-bond acceptors (Lipinski definition) is 5. The summed E-state index contributed by atoms with van der Waals surface area (Å²) in [6, 6.07) is 12.1. The van der Waals surface area contributed by atoms with E-state index in [1.807, 2.05) is 47.2 Å². The van der Waals surface area contributed by atoms with E-state index in [2.05, 4.69) is 17.1 Å². The van der Waals surface area contributed by atoms with Crippen LogP contribution in [0.3, 0.4) is 0 Å². The molecule has 1 aliphatic rings. The molecule has 0 saturated heterocycles. The molecule has 0 spiro atoms. The van der Waals surface area contributed by atoms with Crippen molar-refractivity contribution in [3.8, 4) is 11.1 Å². The van der Waals surface area contributed by atoms with Crippen molar-refractivity contribution in [3.05, 3.63) is 58.6 Å². The Kier molecular flexibility index (Phi) is 4.83. The highest BCUT2D eigenvalue weighted by atomic mass is 16.5. The summed E-state index contributed by atoms with van der Waals surface area (Å²) in [7, 11) is 1.65. The van der Waals surface area contributed by atoms with Crippen molar-refractivity contribution in [1.29, 1.82) is 0 Å². The molecule has 1 saturated carbocycles. The predicted octanol–water partition coefficient (Wildman–Crippen LogP) is 4.00. The lowest BCUT2D eigenvalue weighted by Gasteiger charge is -2.30. The zero-order chi connectivity index (χ0) is 20.7. The number of methoxy groups -OCH3 is 1. The van der Waals surface area contributed by atoms with Crippen LogP contribution in [-0.2, 0) is 11.3 Å². The van der Waals surface area contributed by atoms with Crippen molar-refractivity contribution < 1.29 is 4.74 Å². The third-order valence-corrected chi connectivity index (χ3v) is 6.25. The molecule has 4 aromatic rings. The van der Waals surface area contributed by atoms with Crippen LogP contribution in [-0.4, -0.2) is 31.5 Å². The highest BCUT2D eigenvalue weighted by Crippen LogP contribution is 2.33. The van der Waals surface area contributed by atoms with E-state index in [1.54, 1.807) is 11.6 Å². The minimum absolute atomic E-state index is 0.0919. The zero-order valence-electron chi connectivity index (χ0n) is 17.3. The zero-order valence-corrected chi connectivity index (χ0v) is 17.3. The number of fused-ring (bicyclic) bond motifs is 3. The standard InChI is InChI=1S/C23H25N5O2/c1-15-8-6-7-11-18(15)27-13-12-19-21(23(27)29)24-25-22-20(16-9-4-3-5-10-16)17(14-30-2)26-28(19)22/h3-5,9-10,12-13,15,18H,6-8,11,14H2,1-2H3. The van der Waals surface area contributed by atoms with Crippen molar-refractivity contribution in [3.63, 3.8) is 0 Å². The van der Waals surface area contributed by atoms with E-state index in [1.165, 1.54) is 6.42 Å². The first-order valence-corrected chi connectivity index (χ1v) is 10.5. The Morgan fingerprint density at radius 3 is 2.67 bits per heavy atom. The van der Waals surface area contributed by atoms with E-state index >= 15 is 0 Å². The molecule has 0 aliphatic heterocycles. The van der Waals surface area contributed by atoms with Crippen LogP contribution in [0.1, 0.15) is 44.3 Å². The molecule has 3 heterocycles. The van der Waals surface area contributed by atoms with Crippen LogP contribution in [0.2, 0.25) is 0 Å². The third-order valence-electron chi connectivity index (χ3n) is 6.25. The van der Waals surface area contributed by atoms with Crippen LogP contribution in [0.5, 0.6) is 0 Å². The Hall–Kier alpha value is -3.06. The molecule has 1 aliphatic carbocycles. The molecule has 0 amide bonds. The fourth-order valence-electron chi connectivity index (χ4n) is 4.71. The van der Waals surface area contributed by atoms with E-state index < -0.39 is 0 Å². The summed E-state index contributed by atoms with van der Waals surface area (Å²) in [6.07, 6.45) is 6.47. The van der Waals surface area contributed by atoms with Crippen LogP contribution in [0.4, 0.5) is 0 Å². The highest BCUT2D eigenvalue weighted by Gasteiger charge is 2.25. The summed E-state index contributed by atoms with van der Waals surface area (Å²) in [4.78, 5) is 13.3. The largest absolute Gasteiger partial charge is 0.378 e. The molecular formula is C23H25N5O2. The lowest BCUT2D eigenvalue weighted by molar-refractivity contribution is 0.181. The second kappa shape index (κ2) is 7.65. The maximum absolute atomic E-state index is 13.3. The Balaban J connectivity index is 1.72. The van der Waals surface area contributed by atoms with Crippen molar-refractivity contribution in [2.24, 2.45) is 5.92 Å². The number of hydrogen-bond donors (Lipinski definition) is 0. The van der Waals surface area contributed by atoms with Crippen LogP contribution < -0.4 is 5.56 Å². The lowest BCUT2D eigenvalue weighted by Crippen LogP contribution is -2.31. The van der Waals surface area contributed by atoms with E-state index in [9.17, 15) is 4.79 Å². The summed E-state index contributed by atoms with van der Waals surface area (Å²) < 4.78 is 8.96. The van der Waals surface area contributed by atoms with Crippen molar-refractivity contribution in [1.82, 2.24) is 24.4 Å². The third kappa shape index (κ3) is 3.01. The first-order valence-electron chi connectivity index (χ1n) is 10.5. The summed E-state index contributed by atoms with van der Waals surface area (Å²) in [6.45, 7) is 2.58. The maximum Gasteiger partial charge on any atom is 0.280 e. The van der Waals surface area contributed by atoms with Gasteiger partial charge >= 0.3 is 0 Å². The number of nitrogens with zero attached hydrogens (tertiary/aromatic N) is 5. The van der Waals surface area contributed by atoms with Crippen molar-refractivity contribution in [2.45, 2.75) is 45.3 Å².